The molecule has 1 aliphatic heterocycles. The van der Waals surface area contributed by atoms with Gasteiger partial charge in [-0.1, -0.05) is 35.0 Å². The van der Waals surface area contributed by atoms with E-state index < -0.39 is 0 Å². The van der Waals surface area contributed by atoms with E-state index in [1.54, 1.807) is 0 Å². The summed E-state index contributed by atoms with van der Waals surface area (Å²) in [5, 5.41) is 5.00. The molecule has 0 N–H and O–H groups in total. The van der Waals surface area contributed by atoms with Crippen LogP contribution in [0.1, 0.15) is 23.2 Å². The molecule has 0 saturated carbocycles. The van der Waals surface area contributed by atoms with Crippen LogP contribution in [-0.2, 0) is 17.6 Å². The maximum Gasteiger partial charge on any atom is 0.233 e. The number of para-hydroxylation sites is 1. The minimum atomic E-state index is 0.0776. The van der Waals surface area contributed by atoms with E-state index in [0.29, 0.717) is 5.69 Å². The second kappa shape index (κ2) is 5.54. The zero-order chi connectivity index (χ0) is 15.8. The van der Waals surface area contributed by atoms with E-state index in [-0.39, 0.29) is 12.3 Å². The number of hydrogen-bond acceptors (Lipinski definition) is 3. The molecular weight excluding hydrogens is 288 g/mol. The Labute approximate surface area is 134 Å². The van der Waals surface area contributed by atoms with E-state index >= 15 is 0 Å². The molecule has 3 aromatic rings. The Hall–Kier alpha value is -2.62. The standard InChI is InChI=1S/C19H18N2O2/c1-13-8-9-17-14(11-13)5-4-10-21(17)19(22)12-16-15-6-2-3-7-18(15)23-20-16/h2-3,6-9,11H,4-5,10,12H2,1H3. The number of benzene rings is 2. The van der Waals surface area contributed by atoms with Gasteiger partial charge in [0.05, 0.1) is 6.42 Å². The number of amides is 1. The van der Waals surface area contributed by atoms with E-state index in [4.69, 9.17) is 4.52 Å². The zero-order valence-corrected chi connectivity index (χ0v) is 13.1. The molecule has 4 heteroatoms. The molecule has 0 unspecified atom stereocenters. The van der Waals surface area contributed by atoms with Crippen LogP contribution in [0.15, 0.2) is 47.0 Å². The van der Waals surface area contributed by atoms with Gasteiger partial charge in [0, 0.05) is 17.6 Å². The summed E-state index contributed by atoms with van der Waals surface area (Å²) in [4.78, 5) is 14.7. The number of fused-ring (bicyclic) bond motifs is 2. The van der Waals surface area contributed by atoms with Crippen LogP contribution in [0.4, 0.5) is 5.69 Å². The summed E-state index contributed by atoms with van der Waals surface area (Å²) in [6.45, 7) is 2.85. The maximum absolute atomic E-state index is 12.8. The highest BCUT2D eigenvalue weighted by Gasteiger charge is 2.24. The first-order valence-electron chi connectivity index (χ1n) is 7.95. The summed E-state index contributed by atoms with van der Waals surface area (Å²) in [5.74, 6) is 0.0776. The van der Waals surface area contributed by atoms with E-state index in [0.717, 1.165) is 36.0 Å². The molecule has 0 saturated heterocycles. The second-order valence-electron chi connectivity index (χ2n) is 6.08. The predicted octanol–water partition coefficient (Wildman–Crippen LogP) is 3.66. The van der Waals surface area contributed by atoms with E-state index in [9.17, 15) is 4.79 Å². The van der Waals surface area contributed by atoms with Crippen LogP contribution in [0, 0.1) is 6.92 Å². The van der Waals surface area contributed by atoms with Crippen LogP contribution < -0.4 is 4.90 Å². The van der Waals surface area contributed by atoms with E-state index in [1.807, 2.05) is 29.2 Å². The molecule has 1 amide bonds. The number of rotatable bonds is 2. The van der Waals surface area contributed by atoms with Crippen molar-refractivity contribution >= 4 is 22.6 Å². The van der Waals surface area contributed by atoms with Gasteiger partial charge < -0.3 is 9.42 Å². The SMILES string of the molecule is Cc1ccc2c(c1)CCCN2C(=O)Cc1noc2ccccc12. The van der Waals surface area contributed by atoms with Gasteiger partial charge in [-0.15, -0.1) is 0 Å². The third kappa shape index (κ3) is 2.50. The van der Waals surface area contributed by atoms with Gasteiger partial charge in [-0.2, -0.15) is 0 Å². The Morgan fingerprint density at radius 3 is 3.04 bits per heavy atom. The van der Waals surface area contributed by atoms with Crippen LogP contribution in [0.25, 0.3) is 11.0 Å². The Morgan fingerprint density at radius 1 is 1.26 bits per heavy atom. The topological polar surface area (TPSA) is 46.3 Å². The Bertz CT molecular complexity index is 882. The Kier molecular flexibility index (Phi) is 3.37. The van der Waals surface area contributed by atoms with Crippen LogP contribution >= 0.6 is 0 Å². The first-order chi connectivity index (χ1) is 11.2. The summed E-state index contributed by atoms with van der Waals surface area (Å²) in [6.07, 6.45) is 2.31. The van der Waals surface area contributed by atoms with Crippen molar-refractivity contribution in [3.05, 3.63) is 59.3 Å². The fraction of sp³-hybridized carbons (Fsp3) is 0.263. The lowest BCUT2D eigenvalue weighted by Crippen LogP contribution is -2.36. The van der Waals surface area contributed by atoms with Crippen molar-refractivity contribution in [1.82, 2.24) is 5.16 Å². The van der Waals surface area contributed by atoms with Gasteiger partial charge in [-0.05, 0) is 43.5 Å². The molecule has 23 heavy (non-hydrogen) atoms. The number of aromatic nitrogens is 1. The maximum atomic E-state index is 12.8. The second-order valence-corrected chi connectivity index (χ2v) is 6.08. The van der Waals surface area contributed by atoms with Crippen molar-refractivity contribution in [2.24, 2.45) is 0 Å². The van der Waals surface area contributed by atoms with Crippen LogP contribution in [-0.4, -0.2) is 17.6 Å². The van der Waals surface area contributed by atoms with E-state index in [2.05, 4.69) is 30.3 Å². The summed E-state index contributed by atoms with van der Waals surface area (Å²) >= 11 is 0. The molecule has 0 fully saturated rings. The number of aryl methyl sites for hydroxylation is 2. The first-order valence-corrected chi connectivity index (χ1v) is 7.95. The lowest BCUT2D eigenvalue weighted by molar-refractivity contribution is -0.118. The number of anilines is 1. The first kappa shape index (κ1) is 14.0. The fourth-order valence-corrected chi connectivity index (χ4v) is 3.29. The molecule has 0 aliphatic carbocycles. The molecule has 2 aromatic carbocycles. The molecule has 0 bridgehead atoms. The third-order valence-corrected chi connectivity index (χ3v) is 4.43. The quantitative estimate of drug-likeness (QED) is 0.726. The largest absolute Gasteiger partial charge is 0.356 e. The van der Waals surface area contributed by atoms with Gasteiger partial charge in [0.25, 0.3) is 0 Å². The molecule has 1 aliphatic rings. The molecular formula is C19H18N2O2. The van der Waals surface area contributed by atoms with Crippen molar-refractivity contribution in [3.8, 4) is 0 Å². The smallest absolute Gasteiger partial charge is 0.233 e. The molecule has 116 valence electrons. The fourth-order valence-electron chi connectivity index (χ4n) is 3.29. The highest BCUT2D eigenvalue weighted by atomic mass is 16.5. The lowest BCUT2D eigenvalue weighted by atomic mass is 9.99. The molecule has 4 rings (SSSR count). The van der Waals surface area contributed by atoms with Crippen LogP contribution in [0.5, 0.6) is 0 Å². The molecule has 4 nitrogen and oxygen atoms in total. The van der Waals surface area contributed by atoms with Gasteiger partial charge in [-0.3, -0.25) is 4.79 Å². The van der Waals surface area contributed by atoms with Crippen LogP contribution in [0.2, 0.25) is 0 Å². The summed E-state index contributed by atoms with van der Waals surface area (Å²) in [5.41, 5.74) is 4.98. The van der Waals surface area contributed by atoms with Crippen molar-refractivity contribution in [3.63, 3.8) is 0 Å². The lowest BCUT2D eigenvalue weighted by Gasteiger charge is -2.29. The summed E-state index contributed by atoms with van der Waals surface area (Å²) in [7, 11) is 0. The van der Waals surface area contributed by atoms with Gasteiger partial charge in [-0.25, -0.2) is 0 Å². The van der Waals surface area contributed by atoms with Crippen molar-refractivity contribution < 1.29 is 9.32 Å². The average Bonchev–Trinajstić information content (AvgIpc) is 2.97. The predicted molar refractivity (Wildman–Crippen MR) is 89.6 cm³/mol. The number of carbonyl (C=O) groups excluding carboxylic acids is 1. The van der Waals surface area contributed by atoms with Gasteiger partial charge in [0.15, 0.2) is 5.58 Å². The Balaban J connectivity index is 1.63. The van der Waals surface area contributed by atoms with Crippen molar-refractivity contribution in [2.45, 2.75) is 26.2 Å². The minimum Gasteiger partial charge on any atom is -0.356 e. The Morgan fingerprint density at radius 2 is 2.13 bits per heavy atom. The third-order valence-electron chi connectivity index (χ3n) is 4.43. The van der Waals surface area contributed by atoms with Gasteiger partial charge in [0.1, 0.15) is 5.69 Å². The molecule has 0 atom stereocenters. The van der Waals surface area contributed by atoms with Crippen LogP contribution in [0.3, 0.4) is 0 Å². The monoisotopic (exact) mass is 306 g/mol. The molecule has 0 spiro atoms. The minimum absolute atomic E-state index is 0.0776. The van der Waals surface area contributed by atoms with Gasteiger partial charge >= 0.3 is 0 Å². The normalized spacial score (nSPS) is 14.0. The summed E-state index contributed by atoms with van der Waals surface area (Å²) < 4.78 is 5.30. The number of carbonyl (C=O) groups is 1. The number of hydrogen-bond donors (Lipinski definition) is 0. The van der Waals surface area contributed by atoms with Gasteiger partial charge in [0.2, 0.25) is 5.91 Å². The summed E-state index contributed by atoms with van der Waals surface area (Å²) in [6, 6.07) is 14.0. The zero-order valence-electron chi connectivity index (χ0n) is 13.1. The molecule has 1 aromatic heterocycles. The highest BCUT2D eigenvalue weighted by Crippen LogP contribution is 2.29. The highest BCUT2D eigenvalue weighted by molar-refractivity contribution is 5.97. The molecule has 2 heterocycles. The van der Waals surface area contributed by atoms with E-state index in [1.165, 1.54) is 11.1 Å². The van der Waals surface area contributed by atoms with Crippen molar-refractivity contribution in [1.29, 1.82) is 0 Å². The van der Waals surface area contributed by atoms with Crippen molar-refractivity contribution in [2.75, 3.05) is 11.4 Å². The average molecular weight is 306 g/mol. The number of nitrogens with zero attached hydrogens (tertiary/aromatic N) is 2. The molecule has 0 radical (unpaired) electrons.